The Kier molecular flexibility index (Phi) is 13.0. The number of unbranched alkanes of at least 4 members (excludes halogenated alkanes) is 2. The van der Waals surface area contributed by atoms with E-state index in [1.807, 2.05) is 4.90 Å². The number of hydrogen-bond acceptors (Lipinski definition) is 1. The van der Waals surface area contributed by atoms with Gasteiger partial charge in [-0.15, -0.1) is 0 Å². The Morgan fingerprint density at radius 1 is 1.15 bits per heavy atom. The van der Waals surface area contributed by atoms with Crippen LogP contribution >= 0.6 is 12.2 Å². The van der Waals surface area contributed by atoms with Crippen molar-refractivity contribution in [3.63, 3.8) is 0 Å². The quantitative estimate of drug-likeness (QED) is 0.594. The molecule has 0 aromatic heterocycles. The Morgan fingerprint density at radius 2 is 1.54 bits per heavy atom. The predicted octanol–water partition coefficient (Wildman–Crippen LogP) is 1.55. The van der Waals surface area contributed by atoms with E-state index in [1.54, 1.807) is 0 Å². The van der Waals surface area contributed by atoms with Crippen LogP contribution in [0.4, 0.5) is 0 Å². The summed E-state index contributed by atoms with van der Waals surface area (Å²) in [5, 5.41) is 9.18. The number of aliphatic hydroxyl groups excluding tert-OH is 1. The van der Waals surface area contributed by atoms with Crippen molar-refractivity contribution in [1.29, 1.82) is 0 Å². The molecule has 1 N–H and O–H groups in total. The van der Waals surface area contributed by atoms with E-state index in [2.05, 4.69) is 13.8 Å². The molecule has 0 rings (SSSR count). The first kappa shape index (κ1) is 16.0. The molecule has 0 aromatic rings. The number of rotatable bonds is 6. The monoisotopic (exact) mass is 313 g/mol. The molecule has 0 fully saturated rings. The molecule has 0 saturated carbocycles. The second kappa shape index (κ2) is 10.6. The van der Waals surface area contributed by atoms with E-state index >= 15 is 0 Å². The molecule has 0 amide bonds. The van der Waals surface area contributed by atoms with Crippen LogP contribution in [0.25, 0.3) is 0 Å². The summed E-state index contributed by atoms with van der Waals surface area (Å²) in [4.78, 5) is 1.88. The minimum absolute atomic E-state index is 0. The molecule has 0 aromatic carbocycles. The van der Waals surface area contributed by atoms with Crippen LogP contribution in [0.5, 0.6) is 0 Å². The van der Waals surface area contributed by atoms with E-state index in [4.69, 9.17) is 17.3 Å². The van der Waals surface area contributed by atoms with Gasteiger partial charge in [-0.05, 0) is 25.1 Å². The average Bonchev–Trinajstić information content (AvgIpc) is 2.04. The van der Waals surface area contributed by atoms with E-state index in [-0.39, 0.29) is 29.6 Å². The van der Waals surface area contributed by atoms with Gasteiger partial charge in [0, 0.05) is 13.1 Å². The predicted molar refractivity (Wildman–Crippen MR) is 66.6 cm³/mol. The van der Waals surface area contributed by atoms with E-state index in [0.29, 0.717) is 0 Å². The van der Waals surface area contributed by atoms with Crippen LogP contribution < -0.4 is 0 Å². The van der Waals surface area contributed by atoms with Gasteiger partial charge in [-0.3, -0.25) is 0 Å². The minimum atomic E-state index is 0. The molecule has 0 aliphatic carbocycles. The number of thiocarbonyl (C=S) groups is 1. The van der Waals surface area contributed by atoms with Crippen LogP contribution in [0.1, 0.15) is 39.5 Å². The Balaban J connectivity index is 0. The number of aliphatic hydroxyl groups is 1. The van der Waals surface area contributed by atoms with Gasteiger partial charge in [-0.1, -0.05) is 26.7 Å². The molecule has 80 valence electrons. The molecular weight excluding hydrogens is 292 g/mol. The third-order valence-electron chi connectivity index (χ3n) is 1.83. The topological polar surface area (TPSA) is 23.5 Å². The van der Waals surface area contributed by atoms with Gasteiger partial charge in [0.2, 0.25) is 0 Å². The van der Waals surface area contributed by atoms with Crippen molar-refractivity contribution in [3.05, 3.63) is 0 Å². The van der Waals surface area contributed by atoms with Crippen molar-refractivity contribution in [2.45, 2.75) is 39.5 Å². The van der Waals surface area contributed by atoms with Crippen molar-refractivity contribution in [3.8, 4) is 0 Å². The fraction of sp³-hybridized carbons (Fsp3) is 0.889. The Hall–Kier alpha value is 0.508. The third-order valence-corrected chi connectivity index (χ3v) is 2.09. The third kappa shape index (κ3) is 8.83. The molecule has 2 nitrogen and oxygen atoms in total. The van der Waals surface area contributed by atoms with Crippen LogP contribution in [-0.2, 0) is 0 Å². The molecule has 4 heteroatoms. The van der Waals surface area contributed by atoms with Gasteiger partial charge in [0.05, 0.1) is 0 Å². The molecule has 0 aliphatic heterocycles. The summed E-state index contributed by atoms with van der Waals surface area (Å²) in [5.74, 6) is 0. The molecular formula is C9H22NOSSb. The van der Waals surface area contributed by atoms with Crippen molar-refractivity contribution in [1.82, 2.24) is 4.90 Å². The van der Waals surface area contributed by atoms with Crippen LogP contribution in [-0.4, -0.2) is 52.7 Å². The van der Waals surface area contributed by atoms with Crippen molar-refractivity contribution in [2.24, 2.45) is 0 Å². The normalized spacial score (nSPS) is 9.08. The Morgan fingerprint density at radius 3 is 1.77 bits per heavy atom. The van der Waals surface area contributed by atoms with Crippen molar-refractivity contribution in [2.75, 3.05) is 13.1 Å². The average molecular weight is 314 g/mol. The van der Waals surface area contributed by atoms with Gasteiger partial charge in [-0.25, -0.2) is 0 Å². The summed E-state index contributed by atoms with van der Waals surface area (Å²) in [6, 6.07) is 0. The first-order valence-corrected chi connectivity index (χ1v) is 5.11. The fourth-order valence-corrected chi connectivity index (χ4v) is 1.18. The first-order chi connectivity index (χ1) is 5.72. The molecule has 0 unspecified atom stereocenters. The summed E-state index contributed by atoms with van der Waals surface area (Å²) in [7, 11) is 0. The number of nitrogens with zero attached hydrogens (tertiary/aromatic N) is 1. The molecule has 13 heavy (non-hydrogen) atoms. The van der Waals surface area contributed by atoms with E-state index in [9.17, 15) is 0 Å². The second-order valence-electron chi connectivity index (χ2n) is 2.98. The van der Waals surface area contributed by atoms with E-state index in [0.717, 1.165) is 38.8 Å². The maximum absolute atomic E-state index is 9.12. The summed E-state index contributed by atoms with van der Waals surface area (Å²) < 4.78 is 0. The fourth-order valence-electron chi connectivity index (χ4n) is 1.00. The molecule has 0 saturated heterocycles. The zero-order valence-electron chi connectivity index (χ0n) is 8.75. The SMILES string of the molecule is CCCCN(CCCC)C(O)=S.[SbH3]. The summed E-state index contributed by atoms with van der Waals surface area (Å²) in [6.45, 7) is 6.06. The zero-order valence-corrected chi connectivity index (χ0v) is 13.6. The van der Waals surface area contributed by atoms with E-state index in [1.165, 1.54) is 0 Å². The molecule has 0 spiro atoms. The van der Waals surface area contributed by atoms with E-state index < -0.39 is 0 Å². The van der Waals surface area contributed by atoms with Crippen LogP contribution in [0.3, 0.4) is 0 Å². The standard InChI is InChI=1S/C9H19NOS.Sb.3H/c1-3-5-7-10(9(11)12)8-6-4-2;;;;/h3-8H2,1-2H3,(H,11,12);;;;. The van der Waals surface area contributed by atoms with Crippen molar-refractivity contribution < 1.29 is 5.11 Å². The second-order valence-corrected chi connectivity index (χ2v) is 3.34. The zero-order chi connectivity index (χ0) is 9.40. The summed E-state index contributed by atoms with van der Waals surface area (Å²) in [6.07, 6.45) is 4.49. The van der Waals surface area contributed by atoms with Gasteiger partial charge >= 0.3 is 24.4 Å². The van der Waals surface area contributed by atoms with Gasteiger partial charge in [0.25, 0.3) is 5.17 Å². The Labute approximate surface area is 104 Å². The van der Waals surface area contributed by atoms with Gasteiger partial charge in [0.1, 0.15) is 0 Å². The first-order valence-electron chi connectivity index (χ1n) is 4.70. The number of hydrogen-bond donors (Lipinski definition) is 1. The van der Waals surface area contributed by atoms with Crippen LogP contribution in [0.2, 0.25) is 0 Å². The molecule has 0 bridgehead atoms. The van der Waals surface area contributed by atoms with Crippen molar-refractivity contribution >= 4 is 41.8 Å². The van der Waals surface area contributed by atoms with Crippen LogP contribution in [0.15, 0.2) is 0 Å². The molecule has 0 heterocycles. The maximum atomic E-state index is 9.12. The molecule has 0 atom stereocenters. The molecule has 0 radical (unpaired) electrons. The van der Waals surface area contributed by atoms with Gasteiger partial charge in [0.15, 0.2) is 0 Å². The Bertz CT molecular complexity index is 125. The summed E-state index contributed by atoms with van der Waals surface area (Å²) >= 11 is 4.73. The van der Waals surface area contributed by atoms with Crippen LogP contribution in [0, 0.1) is 0 Å². The van der Waals surface area contributed by atoms with Gasteiger partial charge in [-0.2, -0.15) is 0 Å². The van der Waals surface area contributed by atoms with Gasteiger partial charge < -0.3 is 10.0 Å². The molecule has 0 aliphatic rings. The summed E-state index contributed by atoms with van der Waals surface area (Å²) in [5.41, 5.74) is 0.